The van der Waals surface area contributed by atoms with Crippen molar-refractivity contribution in [3.63, 3.8) is 0 Å². The molecular formula is C30H25F5N6O3. The quantitative estimate of drug-likeness (QED) is 0.163. The Balaban J connectivity index is 1.37. The molecule has 1 saturated heterocycles. The highest BCUT2D eigenvalue weighted by atomic mass is 19.4. The molecule has 14 heteroatoms. The van der Waals surface area contributed by atoms with Crippen LogP contribution in [0.1, 0.15) is 25.0 Å². The molecule has 2 N–H and O–H groups in total. The number of nitrogens with one attached hydrogen (secondary N) is 2. The third kappa shape index (κ3) is 5.96. The molecule has 3 aromatic carbocycles. The largest absolute Gasteiger partial charge is 0.480 e. The molecule has 1 aliphatic heterocycles. The van der Waals surface area contributed by atoms with Gasteiger partial charge in [-0.2, -0.15) is 13.2 Å². The van der Waals surface area contributed by atoms with Gasteiger partial charge in [0, 0.05) is 23.1 Å². The van der Waals surface area contributed by atoms with Gasteiger partial charge >= 0.3 is 12.2 Å². The number of hydrogen-bond donors (Lipinski definition) is 2. The minimum absolute atomic E-state index is 0.195. The van der Waals surface area contributed by atoms with Crippen LogP contribution in [0.5, 0.6) is 5.88 Å². The first-order chi connectivity index (χ1) is 20.8. The Morgan fingerprint density at radius 2 is 1.55 bits per heavy atom. The van der Waals surface area contributed by atoms with Gasteiger partial charge in [-0.1, -0.05) is 6.07 Å². The second kappa shape index (κ2) is 11.4. The topological polar surface area (TPSA) is 99.7 Å². The molecule has 0 aliphatic carbocycles. The molecule has 0 saturated carbocycles. The van der Waals surface area contributed by atoms with E-state index in [4.69, 9.17) is 4.74 Å². The van der Waals surface area contributed by atoms with Crippen molar-refractivity contribution < 1.29 is 36.3 Å². The molecule has 1 aliphatic rings. The number of methoxy groups -OCH3 is 1. The zero-order chi connectivity index (χ0) is 31.8. The number of halogens is 5. The molecule has 5 rings (SSSR count). The highest BCUT2D eigenvalue weighted by Gasteiger charge is 2.52. The van der Waals surface area contributed by atoms with Gasteiger partial charge in [-0.05, 0) is 80.1 Å². The van der Waals surface area contributed by atoms with Gasteiger partial charge in [-0.15, -0.1) is 10.2 Å². The van der Waals surface area contributed by atoms with Gasteiger partial charge in [0.05, 0.1) is 24.9 Å². The van der Waals surface area contributed by atoms with Crippen LogP contribution in [0.2, 0.25) is 0 Å². The molecule has 0 spiro atoms. The third-order valence-electron chi connectivity index (χ3n) is 7.02. The summed E-state index contributed by atoms with van der Waals surface area (Å²) in [6.07, 6.45) is -5.03. The van der Waals surface area contributed by atoms with Crippen LogP contribution >= 0.6 is 0 Å². The Bertz CT molecular complexity index is 1710. The van der Waals surface area contributed by atoms with Crippen molar-refractivity contribution in [3.05, 3.63) is 95.6 Å². The average Bonchev–Trinajstić information content (AvgIpc) is 3.14. The van der Waals surface area contributed by atoms with Gasteiger partial charge in [0.15, 0.2) is 5.82 Å². The van der Waals surface area contributed by atoms with Crippen molar-refractivity contribution in [2.24, 2.45) is 0 Å². The Morgan fingerprint density at radius 1 is 0.864 bits per heavy atom. The Morgan fingerprint density at radius 3 is 2.16 bits per heavy atom. The molecule has 9 nitrogen and oxygen atoms in total. The molecule has 0 atom stereocenters. The molecule has 0 radical (unpaired) electrons. The van der Waals surface area contributed by atoms with E-state index in [0.717, 1.165) is 11.0 Å². The Labute approximate surface area is 248 Å². The molecule has 0 unspecified atom stereocenters. The second-order valence-electron chi connectivity index (χ2n) is 10.3. The molecule has 0 bridgehead atoms. The van der Waals surface area contributed by atoms with Gasteiger partial charge < -0.3 is 20.3 Å². The van der Waals surface area contributed by atoms with Crippen LogP contribution in [0.4, 0.5) is 55.3 Å². The smallest absolute Gasteiger partial charge is 0.419 e. The lowest BCUT2D eigenvalue weighted by Gasteiger charge is -2.28. The first-order valence-electron chi connectivity index (χ1n) is 13.1. The van der Waals surface area contributed by atoms with E-state index in [1.807, 2.05) is 0 Å². The standard InChI is InChI=1S/C30H25F5N6O3/c1-29(2)27(42)41(21-10-11-23(32)22(15-21)30(33,34)35)28(43)40(29)16-17-4-5-18(31)14-24(17)36-19-6-8-20(9-7-19)37-25-12-13-26(44-3)39-38-25/h4-15,36H,16H2,1-3H3,(H,37,38). The Kier molecular flexibility index (Phi) is 7.84. The Hall–Kier alpha value is -5.27. The maximum absolute atomic E-state index is 14.3. The normalized spacial score (nSPS) is 14.6. The molecule has 2 heterocycles. The lowest BCUT2D eigenvalue weighted by atomic mass is 10.0. The van der Waals surface area contributed by atoms with E-state index < -0.39 is 46.5 Å². The highest BCUT2D eigenvalue weighted by molar-refractivity contribution is 6.23. The van der Waals surface area contributed by atoms with Crippen LogP contribution in [0.3, 0.4) is 0 Å². The predicted octanol–water partition coefficient (Wildman–Crippen LogP) is 7.02. The number of nitrogens with zero attached hydrogens (tertiary/aromatic N) is 4. The van der Waals surface area contributed by atoms with Crippen LogP contribution in [0, 0.1) is 11.6 Å². The van der Waals surface area contributed by atoms with E-state index in [0.29, 0.717) is 51.4 Å². The van der Waals surface area contributed by atoms with Crippen LogP contribution in [0.15, 0.2) is 72.8 Å². The molecule has 1 fully saturated rings. The van der Waals surface area contributed by atoms with Crippen molar-refractivity contribution in [2.45, 2.75) is 32.1 Å². The first kappa shape index (κ1) is 30.2. The zero-order valence-electron chi connectivity index (χ0n) is 23.5. The molecule has 1 aromatic heterocycles. The van der Waals surface area contributed by atoms with Gasteiger partial charge in [0.1, 0.15) is 17.2 Å². The molecule has 3 amide bonds. The molecule has 4 aromatic rings. The van der Waals surface area contributed by atoms with Crippen LogP contribution in [-0.2, 0) is 17.5 Å². The zero-order valence-corrected chi connectivity index (χ0v) is 23.5. The van der Waals surface area contributed by atoms with Crippen molar-refractivity contribution >= 4 is 40.5 Å². The van der Waals surface area contributed by atoms with Crippen LogP contribution < -0.4 is 20.3 Å². The summed E-state index contributed by atoms with van der Waals surface area (Å²) in [5, 5.41) is 14.1. The van der Waals surface area contributed by atoms with E-state index in [-0.39, 0.29) is 6.54 Å². The molecule has 228 valence electrons. The summed E-state index contributed by atoms with van der Waals surface area (Å²) < 4.78 is 73.2. The summed E-state index contributed by atoms with van der Waals surface area (Å²) in [6, 6.07) is 15.1. The van der Waals surface area contributed by atoms with Gasteiger partial charge in [-0.3, -0.25) is 4.79 Å². The summed E-state index contributed by atoms with van der Waals surface area (Å²) in [7, 11) is 1.48. The minimum Gasteiger partial charge on any atom is -0.480 e. The predicted molar refractivity (Wildman–Crippen MR) is 152 cm³/mol. The number of alkyl halides is 3. The monoisotopic (exact) mass is 612 g/mol. The number of carbonyl (C=O) groups is 2. The summed E-state index contributed by atoms with van der Waals surface area (Å²) >= 11 is 0. The van der Waals surface area contributed by atoms with Gasteiger partial charge in [0.25, 0.3) is 5.91 Å². The number of aromatic nitrogens is 2. The van der Waals surface area contributed by atoms with Crippen molar-refractivity contribution in [2.75, 3.05) is 22.6 Å². The maximum atomic E-state index is 14.3. The lowest BCUT2D eigenvalue weighted by molar-refractivity contribution is -0.140. The number of benzene rings is 3. The fraction of sp³-hybridized carbons (Fsp3) is 0.200. The number of carbonyl (C=O) groups excluding carboxylic acids is 2. The van der Waals surface area contributed by atoms with Crippen LogP contribution in [0.25, 0.3) is 0 Å². The van der Waals surface area contributed by atoms with Crippen molar-refractivity contribution in [1.29, 1.82) is 0 Å². The number of imide groups is 1. The second-order valence-corrected chi connectivity index (χ2v) is 10.3. The summed E-state index contributed by atoms with van der Waals surface area (Å²) in [5.41, 5.74) is -1.54. The van der Waals surface area contributed by atoms with Crippen molar-refractivity contribution in [1.82, 2.24) is 15.1 Å². The minimum atomic E-state index is -5.03. The molecule has 44 heavy (non-hydrogen) atoms. The maximum Gasteiger partial charge on any atom is 0.419 e. The third-order valence-corrected chi connectivity index (χ3v) is 7.02. The average molecular weight is 613 g/mol. The van der Waals surface area contributed by atoms with Crippen molar-refractivity contribution in [3.8, 4) is 5.88 Å². The number of urea groups is 1. The number of anilines is 5. The summed E-state index contributed by atoms with van der Waals surface area (Å²) in [5.74, 6) is -2.05. The lowest BCUT2D eigenvalue weighted by Crippen LogP contribution is -2.43. The fourth-order valence-electron chi connectivity index (χ4n) is 4.61. The first-order valence-corrected chi connectivity index (χ1v) is 13.1. The number of amides is 3. The number of rotatable bonds is 8. The number of ether oxygens (including phenoxy) is 1. The fourth-order valence-corrected chi connectivity index (χ4v) is 4.61. The highest BCUT2D eigenvalue weighted by Crippen LogP contribution is 2.38. The van der Waals surface area contributed by atoms with Gasteiger partial charge in [0.2, 0.25) is 5.88 Å². The van der Waals surface area contributed by atoms with Crippen LogP contribution in [-0.4, -0.2) is 39.7 Å². The van der Waals surface area contributed by atoms with E-state index in [2.05, 4.69) is 20.8 Å². The summed E-state index contributed by atoms with van der Waals surface area (Å²) in [6.45, 7) is 2.69. The van der Waals surface area contributed by atoms with E-state index in [1.54, 1.807) is 36.4 Å². The summed E-state index contributed by atoms with van der Waals surface area (Å²) in [4.78, 5) is 28.5. The molecular weight excluding hydrogens is 587 g/mol. The van der Waals surface area contributed by atoms with E-state index >= 15 is 0 Å². The SMILES string of the molecule is COc1ccc(Nc2ccc(Nc3cc(F)ccc3CN3C(=O)N(c4ccc(F)c(C(F)(F)F)c4)C(=O)C3(C)C)cc2)nn1. The van der Waals surface area contributed by atoms with E-state index in [1.165, 1.54) is 39.2 Å². The van der Waals surface area contributed by atoms with Gasteiger partial charge in [-0.25, -0.2) is 18.5 Å². The number of hydrogen-bond acceptors (Lipinski definition) is 7. The van der Waals surface area contributed by atoms with E-state index in [9.17, 15) is 31.5 Å².